The maximum atomic E-state index is 12.4. The summed E-state index contributed by atoms with van der Waals surface area (Å²) in [6.07, 6.45) is 4.40. The molecule has 0 aliphatic heterocycles. The van der Waals surface area contributed by atoms with Crippen LogP contribution in [0.4, 0.5) is 0 Å². The molecule has 0 saturated heterocycles. The number of methoxy groups -OCH3 is 2. The minimum atomic E-state index is -3.86. The Morgan fingerprint density at radius 1 is 1.22 bits per heavy atom. The van der Waals surface area contributed by atoms with Crippen molar-refractivity contribution >= 4 is 27.4 Å². The summed E-state index contributed by atoms with van der Waals surface area (Å²) in [6, 6.07) is 4.84. The van der Waals surface area contributed by atoms with E-state index in [1.165, 1.54) is 26.4 Å². The molecule has 0 aromatic heterocycles. The monoisotopic (exact) mass is 359 g/mol. The number of thiocarbonyl (C=S) groups is 1. The lowest BCUT2D eigenvalue weighted by Gasteiger charge is -2.17. The first kappa shape index (κ1) is 17.8. The van der Waals surface area contributed by atoms with Crippen molar-refractivity contribution in [3.05, 3.63) is 18.2 Å². The summed E-state index contributed by atoms with van der Waals surface area (Å²) in [5.74, 6) is 0.632. The Balaban J connectivity index is 2.04. The van der Waals surface area contributed by atoms with Crippen LogP contribution in [0.15, 0.2) is 23.1 Å². The van der Waals surface area contributed by atoms with Gasteiger partial charge in [-0.3, -0.25) is 5.43 Å². The first-order valence-corrected chi connectivity index (χ1v) is 9.16. The molecule has 128 valence electrons. The molecule has 23 heavy (non-hydrogen) atoms. The van der Waals surface area contributed by atoms with Gasteiger partial charge in [0.15, 0.2) is 5.11 Å². The Bertz CT molecular complexity index is 658. The van der Waals surface area contributed by atoms with Gasteiger partial charge in [-0.15, -0.1) is 4.83 Å². The van der Waals surface area contributed by atoms with Crippen LogP contribution in [0, 0.1) is 0 Å². The van der Waals surface area contributed by atoms with Gasteiger partial charge >= 0.3 is 0 Å². The van der Waals surface area contributed by atoms with Crippen LogP contribution in [0.3, 0.4) is 0 Å². The van der Waals surface area contributed by atoms with Crippen molar-refractivity contribution in [2.45, 2.75) is 36.6 Å². The Morgan fingerprint density at radius 2 is 1.91 bits per heavy atom. The van der Waals surface area contributed by atoms with Crippen LogP contribution in [-0.2, 0) is 10.0 Å². The number of hydrogen-bond donors (Lipinski definition) is 3. The number of hydrogen-bond acceptors (Lipinski definition) is 5. The van der Waals surface area contributed by atoms with Gasteiger partial charge in [-0.2, -0.15) is 0 Å². The molecule has 2 rings (SSSR count). The fourth-order valence-corrected chi connectivity index (χ4v) is 3.77. The van der Waals surface area contributed by atoms with Gasteiger partial charge in [-0.05, 0) is 37.2 Å². The zero-order valence-electron chi connectivity index (χ0n) is 13.1. The average molecular weight is 359 g/mol. The minimum Gasteiger partial charge on any atom is -0.497 e. The molecule has 1 aliphatic carbocycles. The lowest BCUT2D eigenvalue weighted by molar-refractivity contribution is 0.392. The van der Waals surface area contributed by atoms with E-state index < -0.39 is 10.0 Å². The van der Waals surface area contributed by atoms with Crippen LogP contribution in [0.2, 0.25) is 0 Å². The molecule has 0 bridgehead atoms. The molecule has 7 nitrogen and oxygen atoms in total. The minimum absolute atomic E-state index is 0.0319. The Kier molecular flexibility index (Phi) is 6.03. The summed E-state index contributed by atoms with van der Waals surface area (Å²) in [6.45, 7) is 0. The van der Waals surface area contributed by atoms with Crippen molar-refractivity contribution < 1.29 is 17.9 Å². The fraction of sp³-hybridized carbons (Fsp3) is 0.500. The van der Waals surface area contributed by atoms with Crippen molar-refractivity contribution in [1.29, 1.82) is 0 Å². The maximum absolute atomic E-state index is 12.4. The highest BCUT2D eigenvalue weighted by atomic mass is 32.2. The van der Waals surface area contributed by atoms with Gasteiger partial charge in [-0.25, -0.2) is 8.42 Å². The average Bonchev–Trinajstić information content (AvgIpc) is 3.05. The second-order valence-corrected chi connectivity index (χ2v) is 7.26. The zero-order chi connectivity index (χ0) is 16.9. The van der Waals surface area contributed by atoms with Crippen molar-refractivity contribution in [3.8, 4) is 11.5 Å². The molecule has 1 aromatic rings. The fourth-order valence-electron chi connectivity index (χ4n) is 2.45. The molecule has 0 amide bonds. The predicted octanol–water partition coefficient (Wildman–Crippen LogP) is 1.30. The Hall–Kier alpha value is -1.58. The molecule has 1 aliphatic rings. The zero-order valence-corrected chi connectivity index (χ0v) is 14.7. The quantitative estimate of drug-likeness (QED) is 0.521. The van der Waals surface area contributed by atoms with Gasteiger partial charge < -0.3 is 14.8 Å². The van der Waals surface area contributed by atoms with E-state index in [4.69, 9.17) is 21.7 Å². The van der Waals surface area contributed by atoms with Crippen LogP contribution in [0.25, 0.3) is 0 Å². The summed E-state index contributed by atoms with van der Waals surface area (Å²) in [5.41, 5.74) is 2.52. The van der Waals surface area contributed by atoms with E-state index in [0.29, 0.717) is 11.8 Å². The van der Waals surface area contributed by atoms with E-state index in [2.05, 4.69) is 15.6 Å². The van der Waals surface area contributed by atoms with E-state index in [9.17, 15) is 8.42 Å². The first-order chi connectivity index (χ1) is 11.0. The van der Waals surface area contributed by atoms with Crippen LogP contribution >= 0.6 is 12.2 Å². The van der Waals surface area contributed by atoms with E-state index in [0.717, 1.165) is 25.7 Å². The van der Waals surface area contributed by atoms with Gasteiger partial charge in [0.25, 0.3) is 10.0 Å². The summed E-state index contributed by atoms with van der Waals surface area (Å²) < 4.78 is 35.0. The number of benzene rings is 1. The van der Waals surface area contributed by atoms with Gasteiger partial charge in [0.1, 0.15) is 16.4 Å². The Morgan fingerprint density at radius 3 is 2.52 bits per heavy atom. The second kappa shape index (κ2) is 7.80. The number of hydrazine groups is 1. The molecule has 1 saturated carbocycles. The van der Waals surface area contributed by atoms with Gasteiger partial charge in [0.05, 0.1) is 14.2 Å². The molecule has 0 atom stereocenters. The second-order valence-electron chi connectivity index (χ2n) is 5.20. The standard InChI is InChI=1S/C14H21N3O4S2/c1-20-11-7-8-12(21-2)13(9-11)23(18,19)17-16-14(22)15-10-5-3-4-6-10/h7-10,17H,3-6H2,1-2H3,(H2,15,16,22). The molecule has 1 fully saturated rings. The third-order valence-corrected chi connectivity index (χ3v) is 5.14. The topological polar surface area (TPSA) is 88.7 Å². The summed E-state index contributed by atoms with van der Waals surface area (Å²) in [7, 11) is -0.992. The van der Waals surface area contributed by atoms with Crippen LogP contribution in [0.1, 0.15) is 25.7 Å². The smallest absolute Gasteiger partial charge is 0.261 e. The molecule has 0 unspecified atom stereocenters. The van der Waals surface area contributed by atoms with E-state index >= 15 is 0 Å². The number of rotatable bonds is 6. The molecule has 0 radical (unpaired) electrons. The van der Waals surface area contributed by atoms with Crippen molar-refractivity contribution in [2.24, 2.45) is 0 Å². The van der Waals surface area contributed by atoms with Gasteiger partial charge in [0.2, 0.25) is 0 Å². The molecular weight excluding hydrogens is 338 g/mol. The molecule has 0 heterocycles. The van der Waals surface area contributed by atoms with Gasteiger partial charge in [-0.1, -0.05) is 12.8 Å². The highest BCUT2D eigenvalue weighted by Crippen LogP contribution is 2.27. The van der Waals surface area contributed by atoms with Crippen molar-refractivity contribution in [1.82, 2.24) is 15.6 Å². The lowest BCUT2D eigenvalue weighted by atomic mass is 10.3. The molecule has 0 spiro atoms. The lowest BCUT2D eigenvalue weighted by Crippen LogP contribution is -2.49. The SMILES string of the molecule is COc1ccc(OC)c(S(=O)(=O)NNC(=S)NC2CCCC2)c1. The van der Waals surface area contributed by atoms with Gasteiger partial charge in [0, 0.05) is 12.1 Å². The van der Waals surface area contributed by atoms with Crippen molar-refractivity contribution in [3.63, 3.8) is 0 Å². The first-order valence-electron chi connectivity index (χ1n) is 7.26. The number of nitrogens with one attached hydrogen (secondary N) is 3. The number of ether oxygens (including phenoxy) is 2. The summed E-state index contributed by atoms with van der Waals surface area (Å²) >= 11 is 5.11. The number of sulfonamides is 1. The Labute approximate surface area is 141 Å². The van der Waals surface area contributed by atoms with Crippen LogP contribution < -0.4 is 25.0 Å². The van der Waals surface area contributed by atoms with Crippen LogP contribution in [0.5, 0.6) is 11.5 Å². The van der Waals surface area contributed by atoms with Crippen LogP contribution in [-0.4, -0.2) is 33.8 Å². The largest absolute Gasteiger partial charge is 0.497 e. The third kappa shape index (κ3) is 4.69. The van der Waals surface area contributed by atoms with E-state index in [-0.39, 0.29) is 15.8 Å². The maximum Gasteiger partial charge on any atom is 0.261 e. The third-order valence-electron chi connectivity index (χ3n) is 3.65. The normalized spacial score (nSPS) is 15.2. The highest BCUT2D eigenvalue weighted by molar-refractivity contribution is 7.89. The summed E-state index contributed by atoms with van der Waals surface area (Å²) in [4.78, 5) is 2.23. The molecular formula is C14H21N3O4S2. The molecule has 3 N–H and O–H groups in total. The molecule has 1 aromatic carbocycles. The van der Waals surface area contributed by atoms with E-state index in [1.807, 2.05) is 0 Å². The predicted molar refractivity (Wildman–Crippen MR) is 91.0 cm³/mol. The van der Waals surface area contributed by atoms with E-state index in [1.54, 1.807) is 6.07 Å². The highest BCUT2D eigenvalue weighted by Gasteiger charge is 2.21. The summed E-state index contributed by atoms with van der Waals surface area (Å²) in [5, 5.41) is 3.34. The molecule has 9 heteroatoms. The van der Waals surface area contributed by atoms with Crippen molar-refractivity contribution in [2.75, 3.05) is 14.2 Å².